The molecule has 1 fully saturated rings. The zero-order valence-electron chi connectivity index (χ0n) is 12.8. The maximum Gasteiger partial charge on any atom is 0.263 e. The Bertz CT molecular complexity index is 848. The molecule has 2 aromatic rings. The summed E-state index contributed by atoms with van der Waals surface area (Å²) in [4.78, 5) is 26.7. The molecule has 2 aromatic carbocycles. The lowest BCUT2D eigenvalue weighted by Gasteiger charge is -2.20. The number of amides is 2. The van der Waals surface area contributed by atoms with Gasteiger partial charge in [0, 0.05) is 5.02 Å². The van der Waals surface area contributed by atoms with Crippen LogP contribution in [-0.2, 0) is 9.59 Å². The van der Waals surface area contributed by atoms with Crippen molar-refractivity contribution in [2.24, 2.45) is 10.3 Å². The van der Waals surface area contributed by atoms with Crippen molar-refractivity contribution >= 4 is 34.8 Å². The Labute approximate surface area is 143 Å². The van der Waals surface area contributed by atoms with Gasteiger partial charge < -0.3 is 0 Å². The molecule has 2 atom stereocenters. The minimum absolute atomic E-state index is 0.325. The third-order valence-electron chi connectivity index (χ3n) is 4.17. The van der Waals surface area contributed by atoms with Crippen molar-refractivity contribution in [3.8, 4) is 0 Å². The van der Waals surface area contributed by atoms with E-state index in [0.29, 0.717) is 16.4 Å². The van der Waals surface area contributed by atoms with Crippen LogP contribution in [0.4, 0.5) is 11.4 Å². The van der Waals surface area contributed by atoms with Crippen molar-refractivity contribution in [1.29, 1.82) is 0 Å². The molecule has 0 saturated carbocycles. The van der Waals surface area contributed by atoms with Gasteiger partial charge in [-0.25, -0.2) is 9.91 Å². The molecule has 7 heteroatoms. The minimum Gasteiger partial charge on any atom is -0.271 e. The van der Waals surface area contributed by atoms with Crippen LogP contribution < -0.4 is 9.91 Å². The van der Waals surface area contributed by atoms with Gasteiger partial charge >= 0.3 is 0 Å². The molecule has 0 aromatic heterocycles. The fraction of sp³-hybridized carbons (Fsp3) is 0.176. The molecule has 1 saturated heterocycles. The predicted molar refractivity (Wildman–Crippen MR) is 90.0 cm³/mol. The highest BCUT2D eigenvalue weighted by molar-refractivity contribution is 6.30. The van der Waals surface area contributed by atoms with Gasteiger partial charge in [-0.3, -0.25) is 9.59 Å². The molecule has 4 rings (SSSR count). The standard InChI is InChI=1S/C17H13ClN4O2/c1-10-2-6-12(7-3-10)21-16(23)14-15(17(21)24)22(20-19-14)13-8-4-11(18)5-9-13/h2-9,14-15H,1H3/t14-,15+/m0/s1. The molecule has 0 N–H and O–H groups in total. The lowest BCUT2D eigenvalue weighted by atomic mass is 10.1. The van der Waals surface area contributed by atoms with E-state index >= 15 is 0 Å². The first kappa shape index (κ1) is 14.8. The third-order valence-corrected chi connectivity index (χ3v) is 4.42. The van der Waals surface area contributed by atoms with Crippen molar-refractivity contribution in [3.05, 3.63) is 59.1 Å². The highest BCUT2D eigenvalue weighted by Crippen LogP contribution is 2.35. The van der Waals surface area contributed by atoms with Gasteiger partial charge in [-0.1, -0.05) is 34.5 Å². The zero-order chi connectivity index (χ0) is 16.8. The first-order valence-electron chi connectivity index (χ1n) is 7.46. The number of benzene rings is 2. The van der Waals surface area contributed by atoms with Gasteiger partial charge in [-0.05, 0) is 43.3 Å². The molecule has 24 heavy (non-hydrogen) atoms. The van der Waals surface area contributed by atoms with Crippen LogP contribution in [-0.4, -0.2) is 23.9 Å². The average molecular weight is 341 g/mol. The van der Waals surface area contributed by atoms with Crippen LogP contribution in [0.25, 0.3) is 0 Å². The number of aryl methyl sites for hydroxylation is 1. The Kier molecular flexibility index (Phi) is 3.35. The van der Waals surface area contributed by atoms with Crippen LogP contribution in [0, 0.1) is 6.92 Å². The fourth-order valence-corrected chi connectivity index (χ4v) is 3.04. The van der Waals surface area contributed by atoms with Gasteiger partial charge in [0.05, 0.1) is 11.4 Å². The topological polar surface area (TPSA) is 65.3 Å². The Morgan fingerprint density at radius 3 is 2.21 bits per heavy atom. The lowest BCUT2D eigenvalue weighted by Crippen LogP contribution is -2.39. The number of anilines is 2. The second-order valence-corrected chi connectivity index (χ2v) is 6.20. The Hall–Kier alpha value is -2.73. The van der Waals surface area contributed by atoms with E-state index in [2.05, 4.69) is 10.3 Å². The Balaban J connectivity index is 1.69. The van der Waals surface area contributed by atoms with Gasteiger partial charge in [-0.2, -0.15) is 5.11 Å². The lowest BCUT2D eigenvalue weighted by molar-refractivity contribution is -0.121. The van der Waals surface area contributed by atoms with Gasteiger partial charge in [-0.15, -0.1) is 0 Å². The molecule has 0 radical (unpaired) electrons. The molecule has 2 heterocycles. The van der Waals surface area contributed by atoms with Crippen LogP contribution in [0.15, 0.2) is 58.9 Å². The van der Waals surface area contributed by atoms with Crippen molar-refractivity contribution in [2.45, 2.75) is 19.0 Å². The summed E-state index contributed by atoms with van der Waals surface area (Å²) in [5.41, 5.74) is 2.28. The zero-order valence-corrected chi connectivity index (χ0v) is 13.5. The maximum atomic E-state index is 12.9. The highest BCUT2D eigenvalue weighted by atomic mass is 35.5. The summed E-state index contributed by atoms with van der Waals surface area (Å²) >= 11 is 5.90. The summed E-state index contributed by atoms with van der Waals surface area (Å²) in [5, 5.41) is 10.1. The summed E-state index contributed by atoms with van der Waals surface area (Å²) in [5.74, 6) is -0.678. The SMILES string of the molecule is Cc1ccc(N2C(=O)[C@H]3N=NN(c4ccc(Cl)cc4)[C@H]3C2=O)cc1. The molecule has 0 aliphatic carbocycles. The number of hydrogen-bond acceptors (Lipinski definition) is 5. The van der Waals surface area contributed by atoms with Crippen LogP contribution in [0.1, 0.15) is 5.56 Å². The fourth-order valence-electron chi connectivity index (χ4n) is 2.92. The molecule has 6 nitrogen and oxygen atoms in total. The summed E-state index contributed by atoms with van der Waals surface area (Å²) in [6.07, 6.45) is 0. The van der Waals surface area contributed by atoms with E-state index in [9.17, 15) is 9.59 Å². The normalized spacial score (nSPS) is 22.4. The Morgan fingerprint density at radius 2 is 1.54 bits per heavy atom. The van der Waals surface area contributed by atoms with Crippen LogP contribution in [0.2, 0.25) is 5.02 Å². The van der Waals surface area contributed by atoms with Gasteiger partial charge in [0.25, 0.3) is 11.8 Å². The maximum absolute atomic E-state index is 12.9. The van der Waals surface area contributed by atoms with E-state index in [1.807, 2.05) is 19.1 Å². The minimum atomic E-state index is -0.811. The van der Waals surface area contributed by atoms with Crippen LogP contribution in [0.5, 0.6) is 0 Å². The van der Waals surface area contributed by atoms with E-state index in [1.54, 1.807) is 36.4 Å². The highest BCUT2D eigenvalue weighted by Gasteiger charge is 2.55. The van der Waals surface area contributed by atoms with Gasteiger partial charge in [0.1, 0.15) is 0 Å². The molecular weight excluding hydrogens is 328 g/mol. The second kappa shape index (κ2) is 5.42. The van der Waals surface area contributed by atoms with E-state index in [0.717, 1.165) is 5.56 Å². The number of halogens is 1. The number of carbonyl (C=O) groups is 2. The quantitative estimate of drug-likeness (QED) is 0.789. The predicted octanol–water partition coefficient (Wildman–Crippen LogP) is 3.15. The number of hydrogen-bond donors (Lipinski definition) is 0. The van der Waals surface area contributed by atoms with E-state index < -0.39 is 12.1 Å². The van der Waals surface area contributed by atoms with Gasteiger partial charge in [0.15, 0.2) is 12.1 Å². The molecule has 2 aliphatic rings. The second-order valence-electron chi connectivity index (χ2n) is 5.76. The molecule has 0 spiro atoms. The number of nitrogens with zero attached hydrogens (tertiary/aromatic N) is 4. The van der Waals surface area contributed by atoms with Crippen LogP contribution >= 0.6 is 11.6 Å². The number of fused-ring (bicyclic) bond motifs is 1. The molecule has 120 valence electrons. The summed E-state index contributed by atoms with van der Waals surface area (Å²) in [6.45, 7) is 1.95. The molecule has 2 aliphatic heterocycles. The number of imide groups is 1. The molecular formula is C17H13ClN4O2. The smallest absolute Gasteiger partial charge is 0.263 e. The van der Waals surface area contributed by atoms with Crippen LogP contribution in [0.3, 0.4) is 0 Å². The third kappa shape index (κ3) is 2.18. The van der Waals surface area contributed by atoms with E-state index in [4.69, 9.17) is 11.6 Å². The van der Waals surface area contributed by atoms with Crippen molar-refractivity contribution in [1.82, 2.24) is 0 Å². The van der Waals surface area contributed by atoms with E-state index in [-0.39, 0.29) is 11.8 Å². The summed E-state index contributed by atoms with van der Waals surface area (Å²) < 4.78 is 0. The van der Waals surface area contributed by atoms with Crippen molar-refractivity contribution in [3.63, 3.8) is 0 Å². The summed E-state index contributed by atoms with van der Waals surface area (Å²) in [6, 6.07) is 12.6. The van der Waals surface area contributed by atoms with Gasteiger partial charge in [0.2, 0.25) is 0 Å². The number of rotatable bonds is 2. The summed E-state index contributed by atoms with van der Waals surface area (Å²) in [7, 11) is 0. The first-order valence-corrected chi connectivity index (χ1v) is 7.84. The first-order chi connectivity index (χ1) is 11.6. The van der Waals surface area contributed by atoms with E-state index in [1.165, 1.54) is 9.91 Å². The average Bonchev–Trinajstić information content (AvgIpc) is 3.11. The molecule has 0 bridgehead atoms. The largest absolute Gasteiger partial charge is 0.271 e. The molecule has 0 unspecified atom stereocenters. The number of carbonyl (C=O) groups excluding carboxylic acids is 2. The Morgan fingerprint density at radius 1 is 0.917 bits per heavy atom. The molecule has 2 amide bonds. The monoisotopic (exact) mass is 340 g/mol. The van der Waals surface area contributed by atoms with Crippen molar-refractivity contribution in [2.75, 3.05) is 9.91 Å². The van der Waals surface area contributed by atoms with Crippen molar-refractivity contribution < 1.29 is 9.59 Å².